The first kappa shape index (κ1) is 14.1. The van der Waals surface area contributed by atoms with Gasteiger partial charge < -0.3 is 5.73 Å². The van der Waals surface area contributed by atoms with Gasteiger partial charge in [-0.25, -0.2) is 13.2 Å². The lowest BCUT2D eigenvalue weighted by Gasteiger charge is -2.12. The molecule has 2 rings (SSSR count). The monoisotopic (exact) mass is 285 g/mol. The second-order valence-corrected chi connectivity index (χ2v) is 5.55. The molecule has 2 aromatic rings. The molecule has 19 heavy (non-hydrogen) atoms. The molecule has 0 saturated carbocycles. The van der Waals surface area contributed by atoms with E-state index < -0.39 is 23.5 Å². The zero-order valence-electron chi connectivity index (χ0n) is 10.4. The van der Waals surface area contributed by atoms with Gasteiger partial charge in [-0.15, -0.1) is 11.3 Å². The molecule has 102 valence electrons. The van der Waals surface area contributed by atoms with Gasteiger partial charge in [-0.2, -0.15) is 0 Å². The van der Waals surface area contributed by atoms with Crippen molar-refractivity contribution in [3.63, 3.8) is 0 Å². The molecule has 5 heteroatoms. The van der Waals surface area contributed by atoms with Crippen LogP contribution >= 0.6 is 11.3 Å². The first-order valence-electron chi connectivity index (χ1n) is 5.99. The number of halogens is 3. The molecule has 1 unspecified atom stereocenters. The van der Waals surface area contributed by atoms with Crippen LogP contribution in [-0.4, -0.2) is 0 Å². The lowest BCUT2D eigenvalue weighted by Crippen LogP contribution is -2.15. The molecule has 0 amide bonds. The van der Waals surface area contributed by atoms with Crippen LogP contribution in [0.3, 0.4) is 0 Å². The van der Waals surface area contributed by atoms with E-state index in [1.54, 1.807) is 11.3 Å². The highest BCUT2D eigenvalue weighted by Gasteiger charge is 2.18. The van der Waals surface area contributed by atoms with Crippen molar-refractivity contribution in [2.75, 3.05) is 0 Å². The molecule has 1 atom stereocenters. The average Bonchev–Trinajstić information content (AvgIpc) is 2.83. The van der Waals surface area contributed by atoms with Crippen LogP contribution in [-0.2, 0) is 12.8 Å². The summed E-state index contributed by atoms with van der Waals surface area (Å²) in [5.74, 6) is -3.86. The van der Waals surface area contributed by atoms with E-state index in [0.29, 0.717) is 6.42 Å². The molecule has 0 aliphatic heterocycles. The van der Waals surface area contributed by atoms with E-state index in [2.05, 4.69) is 0 Å². The van der Waals surface area contributed by atoms with Gasteiger partial charge in [-0.3, -0.25) is 0 Å². The lowest BCUT2D eigenvalue weighted by molar-refractivity contribution is 0.435. The van der Waals surface area contributed by atoms with Crippen molar-refractivity contribution in [2.24, 2.45) is 5.73 Å². The van der Waals surface area contributed by atoms with Crippen LogP contribution in [0, 0.1) is 17.5 Å². The molecular formula is C14H14F3NS. The summed E-state index contributed by atoms with van der Waals surface area (Å²) in [5.41, 5.74) is 5.88. The summed E-state index contributed by atoms with van der Waals surface area (Å²) >= 11 is 1.60. The molecule has 1 aromatic carbocycles. The summed E-state index contributed by atoms with van der Waals surface area (Å²) in [6, 6.07) is 5.35. The highest BCUT2D eigenvalue weighted by Crippen LogP contribution is 2.26. The van der Waals surface area contributed by atoms with E-state index in [1.807, 2.05) is 19.1 Å². The van der Waals surface area contributed by atoms with Gasteiger partial charge in [-0.05, 0) is 24.6 Å². The van der Waals surface area contributed by atoms with E-state index in [-0.39, 0.29) is 5.56 Å². The fourth-order valence-corrected chi connectivity index (χ4v) is 2.89. The number of nitrogens with two attached hydrogens (primary N) is 1. The number of hydrogen-bond acceptors (Lipinski definition) is 2. The summed E-state index contributed by atoms with van der Waals surface area (Å²) in [4.78, 5) is 2.22. The van der Waals surface area contributed by atoms with Gasteiger partial charge in [-0.1, -0.05) is 13.0 Å². The highest BCUT2D eigenvalue weighted by atomic mass is 32.1. The first-order chi connectivity index (χ1) is 9.02. The summed E-state index contributed by atoms with van der Waals surface area (Å²) in [6.07, 6.45) is 1.34. The van der Waals surface area contributed by atoms with Gasteiger partial charge in [0.1, 0.15) is 0 Å². The summed E-state index contributed by atoms with van der Waals surface area (Å²) < 4.78 is 39.6. The Kier molecular flexibility index (Phi) is 4.27. The Morgan fingerprint density at radius 1 is 1.05 bits per heavy atom. The van der Waals surface area contributed by atoms with E-state index in [1.165, 1.54) is 10.9 Å². The van der Waals surface area contributed by atoms with Crippen LogP contribution < -0.4 is 5.73 Å². The molecule has 0 fully saturated rings. The normalized spacial score (nSPS) is 12.7. The first-order valence-corrected chi connectivity index (χ1v) is 6.81. The van der Waals surface area contributed by atoms with Crippen LogP contribution in [0.1, 0.15) is 28.3 Å². The molecule has 0 aliphatic rings. The minimum atomic E-state index is -1.46. The SMILES string of the molecule is CCc1ccc(CC(N)c2ccc(F)c(F)c2F)s1. The van der Waals surface area contributed by atoms with Crippen molar-refractivity contribution in [3.05, 3.63) is 57.0 Å². The number of hydrogen-bond donors (Lipinski definition) is 1. The molecule has 0 saturated heterocycles. The fraction of sp³-hybridized carbons (Fsp3) is 0.286. The Morgan fingerprint density at radius 2 is 1.74 bits per heavy atom. The minimum Gasteiger partial charge on any atom is -0.324 e. The molecule has 1 nitrogen and oxygen atoms in total. The maximum Gasteiger partial charge on any atom is 0.194 e. The molecule has 0 bridgehead atoms. The van der Waals surface area contributed by atoms with Crippen molar-refractivity contribution < 1.29 is 13.2 Å². The lowest BCUT2D eigenvalue weighted by atomic mass is 10.0. The third kappa shape index (κ3) is 2.98. The Hall–Kier alpha value is -1.33. The molecule has 2 N–H and O–H groups in total. The smallest absolute Gasteiger partial charge is 0.194 e. The predicted octanol–water partition coefficient (Wildman–Crippen LogP) is 3.97. The van der Waals surface area contributed by atoms with E-state index in [4.69, 9.17) is 5.73 Å². The second kappa shape index (κ2) is 5.75. The van der Waals surface area contributed by atoms with Crippen LogP contribution in [0.15, 0.2) is 24.3 Å². The third-order valence-corrected chi connectivity index (χ3v) is 4.20. The molecule has 0 aliphatic carbocycles. The number of benzene rings is 1. The highest BCUT2D eigenvalue weighted by molar-refractivity contribution is 7.11. The van der Waals surface area contributed by atoms with Crippen molar-refractivity contribution >= 4 is 11.3 Å². The quantitative estimate of drug-likeness (QED) is 0.845. The standard InChI is InChI=1S/C14H14F3NS/c1-2-8-3-4-9(19-8)7-12(18)10-5-6-11(15)14(17)13(10)16/h3-6,12H,2,7,18H2,1H3. The molecule has 1 heterocycles. The van der Waals surface area contributed by atoms with E-state index in [9.17, 15) is 13.2 Å². The van der Waals surface area contributed by atoms with Crippen molar-refractivity contribution in [1.82, 2.24) is 0 Å². The van der Waals surface area contributed by atoms with Gasteiger partial charge in [0, 0.05) is 27.8 Å². The Bertz CT molecular complexity index is 580. The average molecular weight is 285 g/mol. The summed E-state index contributed by atoms with van der Waals surface area (Å²) in [7, 11) is 0. The molecular weight excluding hydrogens is 271 g/mol. The number of rotatable bonds is 4. The zero-order chi connectivity index (χ0) is 14.0. The Labute approximate surface area is 113 Å². The Morgan fingerprint density at radius 3 is 2.37 bits per heavy atom. The van der Waals surface area contributed by atoms with Crippen molar-refractivity contribution in [1.29, 1.82) is 0 Å². The predicted molar refractivity (Wildman–Crippen MR) is 70.6 cm³/mol. The van der Waals surface area contributed by atoms with Gasteiger partial charge >= 0.3 is 0 Å². The number of aryl methyl sites for hydroxylation is 1. The van der Waals surface area contributed by atoms with E-state index >= 15 is 0 Å². The van der Waals surface area contributed by atoms with Crippen molar-refractivity contribution in [3.8, 4) is 0 Å². The van der Waals surface area contributed by atoms with Gasteiger partial charge in [0.15, 0.2) is 17.5 Å². The molecule has 1 aromatic heterocycles. The van der Waals surface area contributed by atoms with Gasteiger partial charge in [0.25, 0.3) is 0 Å². The van der Waals surface area contributed by atoms with Crippen LogP contribution in [0.25, 0.3) is 0 Å². The summed E-state index contributed by atoms with van der Waals surface area (Å²) in [6.45, 7) is 2.05. The number of thiophene rings is 1. The second-order valence-electron chi connectivity index (χ2n) is 4.30. The van der Waals surface area contributed by atoms with Crippen LogP contribution in [0.2, 0.25) is 0 Å². The maximum absolute atomic E-state index is 13.6. The molecule has 0 spiro atoms. The topological polar surface area (TPSA) is 26.0 Å². The molecule has 0 radical (unpaired) electrons. The van der Waals surface area contributed by atoms with E-state index in [0.717, 1.165) is 17.4 Å². The van der Waals surface area contributed by atoms with Gasteiger partial charge in [0.2, 0.25) is 0 Å². The summed E-state index contributed by atoms with van der Waals surface area (Å²) in [5, 5.41) is 0. The van der Waals surface area contributed by atoms with Gasteiger partial charge in [0.05, 0.1) is 0 Å². The zero-order valence-corrected chi connectivity index (χ0v) is 11.2. The van der Waals surface area contributed by atoms with Crippen molar-refractivity contribution in [2.45, 2.75) is 25.8 Å². The maximum atomic E-state index is 13.6. The van der Waals surface area contributed by atoms with Crippen LogP contribution in [0.4, 0.5) is 13.2 Å². The Balaban J connectivity index is 2.20. The third-order valence-electron chi connectivity index (χ3n) is 2.95. The fourth-order valence-electron chi connectivity index (χ4n) is 1.88. The minimum absolute atomic E-state index is 0.00495. The van der Waals surface area contributed by atoms with Crippen LogP contribution in [0.5, 0.6) is 0 Å². The largest absolute Gasteiger partial charge is 0.324 e.